The average Bonchev–Trinajstić information content (AvgIpc) is 2.73. The molecule has 0 aliphatic carbocycles. The Kier molecular flexibility index (Phi) is 3.57. The monoisotopic (exact) mass is 274 g/mol. The number of aliphatic imine (C=N–C) groups is 1. The Balaban J connectivity index is 2.52. The summed E-state index contributed by atoms with van der Waals surface area (Å²) in [5.74, 6) is 0. The minimum absolute atomic E-state index is 0.0263. The first kappa shape index (κ1) is 14.9. The summed E-state index contributed by atoms with van der Waals surface area (Å²) in [5, 5.41) is 0. The van der Waals surface area contributed by atoms with E-state index in [1.807, 2.05) is 0 Å². The maximum atomic E-state index is 5.64. The number of amidine groups is 1. The van der Waals surface area contributed by atoms with E-state index in [1.54, 1.807) is 0 Å². The molecule has 1 aliphatic rings. The number of hydrogen-bond acceptors (Lipinski definition) is 3. The third-order valence-electron chi connectivity index (χ3n) is 3.74. The van der Waals surface area contributed by atoms with E-state index in [1.165, 1.54) is 16.7 Å². The van der Waals surface area contributed by atoms with Gasteiger partial charge in [-0.2, -0.15) is 0 Å². The lowest BCUT2D eigenvalue weighted by Gasteiger charge is -2.26. The molecule has 20 heavy (non-hydrogen) atoms. The zero-order chi connectivity index (χ0) is 15.1. The van der Waals surface area contributed by atoms with Gasteiger partial charge in [-0.1, -0.05) is 59.7 Å². The van der Waals surface area contributed by atoms with Gasteiger partial charge in [0.25, 0.3) is 6.02 Å². The highest BCUT2D eigenvalue weighted by molar-refractivity contribution is 5.73. The van der Waals surface area contributed by atoms with Crippen LogP contribution in [0, 0.1) is 0 Å². The molecule has 0 saturated heterocycles. The lowest BCUT2D eigenvalue weighted by atomic mass is 9.79. The van der Waals surface area contributed by atoms with Crippen molar-refractivity contribution in [2.24, 2.45) is 10.7 Å². The van der Waals surface area contributed by atoms with Crippen LogP contribution < -0.4 is 5.73 Å². The summed E-state index contributed by atoms with van der Waals surface area (Å²) in [6.45, 7) is 14.0. The van der Waals surface area contributed by atoms with Crippen LogP contribution in [-0.2, 0) is 15.6 Å². The molecule has 0 saturated carbocycles. The second kappa shape index (κ2) is 4.80. The van der Waals surface area contributed by atoms with E-state index in [2.05, 4.69) is 64.7 Å². The molecule has 0 aromatic heterocycles. The Hall–Kier alpha value is -1.51. The molecule has 2 rings (SSSR count). The van der Waals surface area contributed by atoms with Crippen LogP contribution in [0.5, 0.6) is 0 Å². The molecule has 0 radical (unpaired) electrons. The first-order valence-corrected chi connectivity index (χ1v) is 7.19. The van der Waals surface area contributed by atoms with Crippen molar-refractivity contribution in [2.75, 3.05) is 6.61 Å². The molecule has 1 atom stereocenters. The van der Waals surface area contributed by atoms with Gasteiger partial charge in [-0.05, 0) is 27.5 Å². The van der Waals surface area contributed by atoms with Crippen molar-refractivity contribution in [1.82, 2.24) is 0 Å². The smallest absolute Gasteiger partial charge is 0.282 e. The van der Waals surface area contributed by atoms with Gasteiger partial charge in [0, 0.05) is 0 Å². The highest BCUT2D eigenvalue weighted by atomic mass is 16.5. The number of rotatable bonds is 1. The molecule has 1 aromatic carbocycles. The third-order valence-corrected chi connectivity index (χ3v) is 3.74. The van der Waals surface area contributed by atoms with Crippen LogP contribution in [0.3, 0.4) is 0 Å². The number of ether oxygens (including phenoxy) is 1. The molecule has 110 valence electrons. The van der Waals surface area contributed by atoms with Crippen molar-refractivity contribution in [3.8, 4) is 0 Å². The van der Waals surface area contributed by atoms with E-state index in [9.17, 15) is 0 Å². The zero-order valence-corrected chi connectivity index (χ0v) is 13.4. The number of benzene rings is 1. The highest BCUT2D eigenvalue weighted by Gasteiger charge is 2.25. The summed E-state index contributed by atoms with van der Waals surface area (Å²) in [4.78, 5) is 4.38. The average molecular weight is 274 g/mol. The predicted molar refractivity (Wildman–Crippen MR) is 84.2 cm³/mol. The van der Waals surface area contributed by atoms with Crippen molar-refractivity contribution in [2.45, 2.75) is 58.4 Å². The summed E-state index contributed by atoms with van der Waals surface area (Å²) in [6.07, 6.45) is 0. The van der Waals surface area contributed by atoms with Gasteiger partial charge in [0.05, 0.1) is 0 Å². The molecule has 0 amide bonds. The summed E-state index contributed by atoms with van der Waals surface area (Å²) in [7, 11) is 0. The molecule has 1 aliphatic heterocycles. The lowest BCUT2D eigenvalue weighted by Crippen LogP contribution is -2.17. The fourth-order valence-corrected chi connectivity index (χ4v) is 2.27. The number of nitrogens with zero attached hydrogens (tertiary/aromatic N) is 1. The van der Waals surface area contributed by atoms with Crippen molar-refractivity contribution < 1.29 is 4.74 Å². The van der Waals surface area contributed by atoms with Gasteiger partial charge < -0.3 is 10.5 Å². The molecule has 0 spiro atoms. The Morgan fingerprint density at radius 3 is 1.85 bits per heavy atom. The first-order chi connectivity index (χ1) is 9.07. The largest absolute Gasteiger partial charge is 0.463 e. The predicted octanol–water partition coefficient (Wildman–Crippen LogP) is 3.67. The van der Waals surface area contributed by atoms with Gasteiger partial charge >= 0.3 is 0 Å². The number of hydrogen-bond donors (Lipinski definition) is 1. The van der Waals surface area contributed by atoms with Gasteiger partial charge in [-0.25, -0.2) is 4.99 Å². The van der Waals surface area contributed by atoms with E-state index >= 15 is 0 Å². The normalized spacial score (nSPS) is 19.7. The summed E-state index contributed by atoms with van der Waals surface area (Å²) < 4.78 is 5.30. The van der Waals surface area contributed by atoms with Crippen LogP contribution in [-0.4, -0.2) is 12.6 Å². The van der Waals surface area contributed by atoms with E-state index in [4.69, 9.17) is 10.5 Å². The second-order valence-electron chi connectivity index (χ2n) is 7.64. The number of nitrogens with two attached hydrogens (primary N) is 1. The Morgan fingerprint density at radius 1 is 1.00 bits per heavy atom. The first-order valence-electron chi connectivity index (χ1n) is 7.19. The topological polar surface area (TPSA) is 47.6 Å². The van der Waals surface area contributed by atoms with E-state index in [0.29, 0.717) is 12.6 Å². The van der Waals surface area contributed by atoms with Gasteiger partial charge in [0.15, 0.2) is 0 Å². The second-order valence-corrected chi connectivity index (χ2v) is 7.64. The Labute approximate surface area is 122 Å². The Morgan fingerprint density at radius 2 is 1.50 bits per heavy atom. The van der Waals surface area contributed by atoms with Gasteiger partial charge in [-0.15, -0.1) is 0 Å². The fourth-order valence-electron chi connectivity index (χ4n) is 2.27. The fraction of sp³-hybridized carbons (Fsp3) is 0.588. The van der Waals surface area contributed by atoms with Gasteiger partial charge in [-0.3, -0.25) is 0 Å². The molecule has 0 bridgehead atoms. The minimum atomic E-state index is 0.0263. The van der Waals surface area contributed by atoms with Crippen LogP contribution in [0.25, 0.3) is 0 Å². The molecule has 1 heterocycles. The van der Waals surface area contributed by atoms with Crippen LogP contribution in [0.1, 0.15) is 64.3 Å². The molecule has 3 nitrogen and oxygen atoms in total. The summed E-state index contributed by atoms with van der Waals surface area (Å²) in [6, 6.07) is 7.12. The van der Waals surface area contributed by atoms with E-state index in [0.717, 1.165) is 0 Å². The van der Waals surface area contributed by atoms with E-state index < -0.39 is 0 Å². The standard InChI is InChI=1S/C17H26N2O/c1-16(2,3)12-7-11(14-10-20-15(18)19-14)8-13(9-12)17(4,5)6/h7-9,14H,10H2,1-6H3,(H2,18,19)/t14-/m1/s1. The molecule has 0 fully saturated rings. The van der Waals surface area contributed by atoms with Crippen LogP contribution in [0.4, 0.5) is 0 Å². The molecule has 2 N–H and O–H groups in total. The van der Waals surface area contributed by atoms with Crippen LogP contribution in [0.15, 0.2) is 23.2 Å². The molecular formula is C17H26N2O. The maximum Gasteiger partial charge on any atom is 0.282 e. The van der Waals surface area contributed by atoms with E-state index in [-0.39, 0.29) is 16.9 Å². The van der Waals surface area contributed by atoms with Gasteiger partial charge in [0.1, 0.15) is 12.6 Å². The van der Waals surface area contributed by atoms with Crippen LogP contribution >= 0.6 is 0 Å². The van der Waals surface area contributed by atoms with Gasteiger partial charge in [0.2, 0.25) is 0 Å². The Bertz CT molecular complexity index is 501. The van der Waals surface area contributed by atoms with Crippen molar-refractivity contribution in [3.05, 3.63) is 34.9 Å². The summed E-state index contributed by atoms with van der Waals surface area (Å²) >= 11 is 0. The maximum absolute atomic E-state index is 5.64. The minimum Gasteiger partial charge on any atom is -0.463 e. The van der Waals surface area contributed by atoms with Crippen molar-refractivity contribution in [1.29, 1.82) is 0 Å². The molecule has 0 unspecified atom stereocenters. The van der Waals surface area contributed by atoms with Crippen molar-refractivity contribution >= 4 is 6.02 Å². The quantitative estimate of drug-likeness (QED) is 0.849. The third kappa shape index (κ3) is 3.14. The van der Waals surface area contributed by atoms with Crippen molar-refractivity contribution in [3.63, 3.8) is 0 Å². The molecule has 1 aromatic rings. The molecule has 3 heteroatoms. The van der Waals surface area contributed by atoms with Crippen LogP contribution in [0.2, 0.25) is 0 Å². The zero-order valence-electron chi connectivity index (χ0n) is 13.4. The highest BCUT2D eigenvalue weighted by Crippen LogP contribution is 2.33. The summed E-state index contributed by atoms with van der Waals surface area (Å²) in [5.41, 5.74) is 9.73. The molecular weight excluding hydrogens is 248 g/mol. The SMILES string of the molecule is CC(C)(C)c1cc([C@H]2COC(N)=N2)cc(C(C)(C)C)c1. The lowest BCUT2D eigenvalue weighted by molar-refractivity contribution is 0.315.